The van der Waals surface area contributed by atoms with E-state index in [0.717, 1.165) is 6.92 Å². The largest absolute Gasteiger partial charge is 0.573 e. The molecule has 4 nitrogen and oxygen atoms in total. The molecule has 0 fully saturated rings. The molecule has 0 aliphatic rings. The van der Waals surface area contributed by atoms with Crippen LogP contribution in [0.25, 0.3) is 0 Å². The Morgan fingerprint density at radius 1 is 1.47 bits per heavy atom. The smallest absolute Gasteiger partial charge is 0.481 e. The van der Waals surface area contributed by atoms with Crippen LogP contribution in [0, 0.1) is 6.92 Å². The molecule has 0 atom stereocenters. The summed E-state index contributed by atoms with van der Waals surface area (Å²) in [4.78, 5) is 13.8. The first-order valence-corrected chi connectivity index (χ1v) is 4.86. The molecule has 0 aliphatic heterocycles. The maximum atomic E-state index is 12.5. The van der Waals surface area contributed by atoms with Crippen LogP contribution in [0.2, 0.25) is 0 Å². The van der Waals surface area contributed by atoms with Gasteiger partial charge in [0.2, 0.25) is 0 Å². The number of pyridine rings is 1. The van der Waals surface area contributed by atoms with Gasteiger partial charge in [-0.25, -0.2) is 8.78 Å². The van der Waals surface area contributed by atoms with Crippen LogP contribution in [0.3, 0.4) is 0 Å². The third-order valence-corrected chi connectivity index (χ3v) is 2.14. The summed E-state index contributed by atoms with van der Waals surface area (Å²) in [5.41, 5.74) is -1.84. The third kappa shape index (κ3) is 4.04. The molecular weight excluding hydrogens is 277 g/mol. The van der Waals surface area contributed by atoms with Gasteiger partial charge in [0.25, 0.3) is 6.43 Å². The Morgan fingerprint density at radius 3 is 2.47 bits per heavy atom. The number of carboxylic acids is 1. The Morgan fingerprint density at radius 2 is 2.05 bits per heavy atom. The average Bonchev–Trinajstić information content (AvgIpc) is 2.20. The Kier molecular flexibility index (Phi) is 4.28. The highest BCUT2D eigenvalue weighted by molar-refractivity contribution is 5.71. The van der Waals surface area contributed by atoms with Gasteiger partial charge in [-0.3, -0.25) is 9.78 Å². The molecule has 0 spiro atoms. The fourth-order valence-electron chi connectivity index (χ4n) is 1.43. The first-order valence-electron chi connectivity index (χ1n) is 4.86. The highest BCUT2D eigenvalue weighted by Crippen LogP contribution is 2.34. The predicted octanol–water partition coefficient (Wildman–Crippen LogP) is 2.85. The Hall–Kier alpha value is -1.93. The average molecular weight is 285 g/mol. The van der Waals surface area contributed by atoms with Crippen LogP contribution in [0.5, 0.6) is 5.75 Å². The van der Waals surface area contributed by atoms with Crippen molar-refractivity contribution in [3.05, 3.63) is 23.0 Å². The number of carbonyl (C=O) groups is 1. The molecule has 0 amide bonds. The fourth-order valence-corrected chi connectivity index (χ4v) is 1.43. The predicted molar refractivity (Wildman–Crippen MR) is 52.0 cm³/mol. The van der Waals surface area contributed by atoms with Crippen LogP contribution in [-0.2, 0) is 11.2 Å². The minimum atomic E-state index is -5.11. The van der Waals surface area contributed by atoms with Crippen molar-refractivity contribution in [1.82, 2.24) is 4.98 Å². The molecule has 0 saturated carbocycles. The number of rotatable bonds is 4. The van der Waals surface area contributed by atoms with Crippen LogP contribution < -0.4 is 4.74 Å². The molecule has 0 radical (unpaired) electrons. The lowest BCUT2D eigenvalue weighted by molar-refractivity contribution is -0.275. The standard InChI is InChI=1S/C10H8F5NO3/c1-4-7(9(11)12)16-3-5(2-6(17)18)8(4)19-10(13,14)15/h3,9H,2H2,1H3,(H,17,18). The van der Waals surface area contributed by atoms with Crippen molar-refractivity contribution in [1.29, 1.82) is 0 Å². The normalized spacial score (nSPS) is 11.7. The first kappa shape index (κ1) is 15.1. The van der Waals surface area contributed by atoms with Crippen LogP contribution in [-0.4, -0.2) is 22.4 Å². The van der Waals surface area contributed by atoms with Gasteiger partial charge in [-0.2, -0.15) is 0 Å². The molecule has 0 saturated heterocycles. The van der Waals surface area contributed by atoms with Crippen molar-refractivity contribution in [2.45, 2.75) is 26.1 Å². The molecule has 19 heavy (non-hydrogen) atoms. The lowest BCUT2D eigenvalue weighted by Gasteiger charge is -2.16. The molecule has 1 N–H and O–H groups in total. The number of halogens is 5. The van der Waals surface area contributed by atoms with Crippen molar-refractivity contribution in [3.8, 4) is 5.75 Å². The van der Waals surface area contributed by atoms with Gasteiger partial charge in [-0.05, 0) is 6.92 Å². The summed E-state index contributed by atoms with van der Waals surface area (Å²) in [5.74, 6) is -2.38. The fraction of sp³-hybridized carbons (Fsp3) is 0.400. The number of ether oxygens (including phenoxy) is 1. The number of aromatic nitrogens is 1. The van der Waals surface area contributed by atoms with Gasteiger partial charge < -0.3 is 9.84 Å². The highest BCUT2D eigenvalue weighted by atomic mass is 19.4. The van der Waals surface area contributed by atoms with Crippen LogP contribution in [0.15, 0.2) is 6.20 Å². The SMILES string of the molecule is Cc1c(C(F)F)ncc(CC(=O)O)c1OC(F)(F)F. The number of nitrogens with zero attached hydrogens (tertiary/aromatic N) is 1. The molecule has 1 rings (SSSR count). The van der Waals surface area contributed by atoms with E-state index in [-0.39, 0.29) is 0 Å². The molecule has 1 aromatic rings. The van der Waals surface area contributed by atoms with Crippen LogP contribution in [0.1, 0.15) is 23.2 Å². The zero-order chi connectivity index (χ0) is 14.8. The Labute approximate surface area is 103 Å². The number of hydrogen-bond acceptors (Lipinski definition) is 3. The number of alkyl halides is 5. The molecule has 0 bridgehead atoms. The summed E-state index contributed by atoms with van der Waals surface area (Å²) in [6, 6.07) is 0. The van der Waals surface area contributed by atoms with Gasteiger partial charge in [0, 0.05) is 17.3 Å². The number of aliphatic carboxylic acids is 1. The third-order valence-electron chi connectivity index (χ3n) is 2.14. The van der Waals surface area contributed by atoms with Crippen molar-refractivity contribution in [2.75, 3.05) is 0 Å². The van der Waals surface area contributed by atoms with Crippen molar-refractivity contribution >= 4 is 5.97 Å². The zero-order valence-electron chi connectivity index (χ0n) is 9.46. The monoisotopic (exact) mass is 285 g/mol. The lowest BCUT2D eigenvalue weighted by Crippen LogP contribution is -2.20. The molecule has 0 aromatic carbocycles. The summed E-state index contributed by atoms with van der Waals surface area (Å²) >= 11 is 0. The van der Waals surface area contributed by atoms with E-state index in [2.05, 4.69) is 9.72 Å². The molecule has 1 aromatic heterocycles. The topological polar surface area (TPSA) is 59.4 Å². The van der Waals surface area contributed by atoms with Gasteiger partial charge in [0.05, 0.1) is 6.42 Å². The van der Waals surface area contributed by atoms with E-state index >= 15 is 0 Å². The van der Waals surface area contributed by atoms with Crippen molar-refractivity contribution in [2.24, 2.45) is 0 Å². The maximum absolute atomic E-state index is 12.5. The van der Waals surface area contributed by atoms with Crippen molar-refractivity contribution in [3.63, 3.8) is 0 Å². The summed E-state index contributed by atoms with van der Waals surface area (Å²) in [6.45, 7) is 0.959. The number of hydrogen-bond donors (Lipinski definition) is 1. The molecule has 106 valence electrons. The van der Waals surface area contributed by atoms with E-state index < -0.39 is 47.7 Å². The Balaban J connectivity index is 3.32. The second kappa shape index (κ2) is 5.37. The van der Waals surface area contributed by atoms with Gasteiger partial charge in [-0.15, -0.1) is 13.2 Å². The molecule has 9 heteroatoms. The summed E-state index contributed by atoms with van der Waals surface area (Å²) < 4.78 is 65.2. The number of carboxylic acid groups (broad SMARTS) is 1. The van der Waals surface area contributed by atoms with E-state index in [9.17, 15) is 26.7 Å². The minimum Gasteiger partial charge on any atom is -0.481 e. The summed E-state index contributed by atoms with van der Waals surface area (Å²) in [6.07, 6.45) is -8.37. The van der Waals surface area contributed by atoms with E-state index in [0.29, 0.717) is 6.20 Å². The maximum Gasteiger partial charge on any atom is 0.573 e. The van der Waals surface area contributed by atoms with Gasteiger partial charge in [-0.1, -0.05) is 0 Å². The molecule has 0 unspecified atom stereocenters. The van der Waals surface area contributed by atoms with E-state index in [4.69, 9.17) is 5.11 Å². The highest BCUT2D eigenvalue weighted by Gasteiger charge is 2.34. The first-order chi connectivity index (χ1) is 8.61. The second-order valence-electron chi connectivity index (χ2n) is 3.54. The lowest BCUT2D eigenvalue weighted by atomic mass is 10.1. The molecule has 0 aliphatic carbocycles. The van der Waals surface area contributed by atoms with Gasteiger partial charge in [0.15, 0.2) is 0 Å². The summed E-state index contributed by atoms with van der Waals surface area (Å²) in [7, 11) is 0. The Bertz CT molecular complexity index is 487. The van der Waals surface area contributed by atoms with Gasteiger partial charge in [0.1, 0.15) is 11.4 Å². The second-order valence-corrected chi connectivity index (χ2v) is 3.54. The molecule has 1 heterocycles. The molecular formula is C10H8F5NO3. The zero-order valence-corrected chi connectivity index (χ0v) is 9.46. The van der Waals surface area contributed by atoms with E-state index in [1.165, 1.54) is 0 Å². The quantitative estimate of drug-likeness (QED) is 0.864. The van der Waals surface area contributed by atoms with E-state index in [1.807, 2.05) is 0 Å². The van der Waals surface area contributed by atoms with Crippen LogP contribution in [0.4, 0.5) is 22.0 Å². The van der Waals surface area contributed by atoms with E-state index in [1.54, 1.807) is 0 Å². The minimum absolute atomic E-state index is 0.424. The van der Waals surface area contributed by atoms with Crippen molar-refractivity contribution < 1.29 is 36.6 Å². The van der Waals surface area contributed by atoms with Crippen LogP contribution >= 0.6 is 0 Å². The van der Waals surface area contributed by atoms with Gasteiger partial charge >= 0.3 is 12.3 Å². The summed E-state index contributed by atoms with van der Waals surface area (Å²) in [5, 5.41) is 8.55.